The van der Waals surface area contributed by atoms with E-state index in [1.54, 1.807) is 6.07 Å². The molecule has 3 aromatic heterocycles. The van der Waals surface area contributed by atoms with Crippen molar-refractivity contribution in [2.75, 3.05) is 0 Å². The van der Waals surface area contributed by atoms with Crippen molar-refractivity contribution in [3.8, 4) is 22.0 Å². The Morgan fingerprint density at radius 3 is 2.71 bits per heavy atom. The fourth-order valence-corrected chi connectivity index (χ4v) is 3.02. The van der Waals surface area contributed by atoms with Crippen molar-refractivity contribution in [2.24, 2.45) is 0 Å². The van der Waals surface area contributed by atoms with E-state index in [0.29, 0.717) is 17.1 Å². The van der Waals surface area contributed by atoms with Crippen LogP contribution < -0.4 is 0 Å². The molecule has 4 aromatic rings. The average Bonchev–Trinajstić information content (AvgIpc) is 3.47. The summed E-state index contributed by atoms with van der Waals surface area (Å²) in [5.74, 6) is 0.286. The number of nitro groups is 1. The molecule has 28 heavy (non-hydrogen) atoms. The van der Waals surface area contributed by atoms with Crippen LogP contribution in [0.2, 0.25) is 0 Å². The second-order valence-electron chi connectivity index (χ2n) is 5.53. The monoisotopic (exact) mass is 397 g/mol. The summed E-state index contributed by atoms with van der Waals surface area (Å²) >= 11 is 1.47. The maximum atomic E-state index is 12.1. The molecule has 4 rings (SSSR count). The van der Waals surface area contributed by atoms with Gasteiger partial charge >= 0.3 is 5.97 Å². The van der Waals surface area contributed by atoms with Gasteiger partial charge in [0.1, 0.15) is 5.76 Å². The van der Waals surface area contributed by atoms with Crippen molar-refractivity contribution < 1.29 is 23.4 Å². The molecule has 0 saturated heterocycles. The Morgan fingerprint density at radius 2 is 2.00 bits per heavy atom. The van der Waals surface area contributed by atoms with Gasteiger partial charge in [0.15, 0.2) is 6.61 Å². The molecule has 0 fully saturated rings. The van der Waals surface area contributed by atoms with E-state index in [-0.39, 0.29) is 23.9 Å². The van der Waals surface area contributed by atoms with E-state index in [9.17, 15) is 14.9 Å². The Hall–Kier alpha value is -3.79. The number of non-ortho nitro benzene ring substituents is 1. The molecule has 0 N–H and O–H groups in total. The number of hydrogen-bond donors (Lipinski definition) is 0. The van der Waals surface area contributed by atoms with Crippen molar-refractivity contribution in [2.45, 2.75) is 6.61 Å². The number of rotatable bonds is 6. The molecule has 140 valence electrons. The van der Waals surface area contributed by atoms with E-state index in [1.807, 2.05) is 17.5 Å². The fourth-order valence-electron chi connectivity index (χ4n) is 2.37. The van der Waals surface area contributed by atoms with Crippen molar-refractivity contribution >= 4 is 23.0 Å². The number of carbonyl (C=O) groups excluding carboxylic acids is 1. The summed E-state index contributed by atoms with van der Waals surface area (Å²) < 4.78 is 15.7. The van der Waals surface area contributed by atoms with E-state index < -0.39 is 10.9 Å². The number of furan rings is 1. The summed E-state index contributed by atoms with van der Waals surface area (Å²) in [7, 11) is 0. The summed E-state index contributed by atoms with van der Waals surface area (Å²) in [5, 5.41) is 16.4. The topological polar surface area (TPSA) is 122 Å². The molecule has 0 unspecified atom stereocenters. The molecule has 0 atom stereocenters. The fraction of sp³-hybridized carbons (Fsp3) is 0.0556. The third kappa shape index (κ3) is 3.67. The zero-order valence-electron chi connectivity index (χ0n) is 14.1. The van der Waals surface area contributed by atoms with Crippen LogP contribution in [0.1, 0.15) is 16.4 Å². The minimum atomic E-state index is -0.691. The van der Waals surface area contributed by atoms with Crippen LogP contribution in [-0.4, -0.2) is 21.0 Å². The lowest BCUT2D eigenvalue weighted by Crippen LogP contribution is -2.04. The molecule has 0 radical (unpaired) electrons. The third-order valence-electron chi connectivity index (χ3n) is 3.71. The van der Waals surface area contributed by atoms with Crippen LogP contribution in [-0.2, 0) is 11.3 Å². The Bertz CT molecular complexity index is 1110. The van der Waals surface area contributed by atoms with E-state index in [2.05, 4.69) is 10.1 Å². The summed E-state index contributed by atoms with van der Waals surface area (Å²) in [6.07, 6.45) is 0. The van der Waals surface area contributed by atoms with Gasteiger partial charge in [0.25, 0.3) is 11.6 Å². The predicted molar refractivity (Wildman–Crippen MR) is 97.5 cm³/mol. The van der Waals surface area contributed by atoms with Gasteiger partial charge in [-0.05, 0) is 35.7 Å². The van der Waals surface area contributed by atoms with Crippen molar-refractivity contribution in [3.05, 3.63) is 75.7 Å². The van der Waals surface area contributed by atoms with Crippen LogP contribution in [0.5, 0.6) is 0 Å². The lowest BCUT2D eigenvalue weighted by molar-refractivity contribution is -0.384. The van der Waals surface area contributed by atoms with E-state index in [0.717, 1.165) is 4.88 Å². The first kappa shape index (κ1) is 17.6. The minimum Gasteiger partial charge on any atom is -0.450 e. The molecule has 0 aliphatic heterocycles. The number of hydrogen-bond acceptors (Lipinski definition) is 9. The lowest BCUT2D eigenvalue weighted by Gasteiger charge is -1.99. The first-order valence-electron chi connectivity index (χ1n) is 7.98. The van der Waals surface area contributed by atoms with E-state index in [4.69, 9.17) is 13.7 Å². The summed E-state index contributed by atoms with van der Waals surface area (Å²) in [5.41, 5.74) is 0.568. The first-order valence-corrected chi connectivity index (χ1v) is 8.86. The predicted octanol–water partition coefficient (Wildman–Crippen LogP) is 4.32. The number of ether oxygens (including phenoxy) is 1. The van der Waals surface area contributed by atoms with Crippen LogP contribution in [0.25, 0.3) is 22.0 Å². The highest BCUT2D eigenvalue weighted by Gasteiger charge is 2.17. The molecule has 3 heterocycles. The Kier molecular flexibility index (Phi) is 4.68. The zero-order chi connectivity index (χ0) is 19.5. The maximum Gasteiger partial charge on any atom is 0.374 e. The summed E-state index contributed by atoms with van der Waals surface area (Å²) in [4.78, 5) is 27.4. The number of esters is 1. The van der Waals surface area contributed by atoms with Gasteiger partial charge in [0.05, 0.1) is 9.80 Å². The van der Waals surface area contributed by atoms with Crippen LogP contribution in [0, 0.1) is 10.1 Å². The van der Waals surface area contributed by atoms with Gasteiger partial charge in [-0.3, -0.25) is 10.1 Å². The number of nitrogens with zero attached hydrogens (tertiary/aromatic N) is 3. The number of thiophene rings is 1. The van der Waals surface area contributed by atoms with E-state index in [1.165, 1.54) is 41.7 Å². The smallest absolute Gasteiger partial charge is 0.374 e. The SMILES string of the molecule is O=C(OCc1nc(-c2cccs2)no1)c1ccc(-c2ccc([N+](=O)[O-])cc2)o1. The molecular formula is C18H11N3O6S. The minimum absolute atomic E-state index is 0.00801. The highest BCUT2D eigenvalue weighted by molar-refractivity contribution is 7.13. The normalized spacial score (nSPS) is 10.7. The molecule has 0 amide bonds. The largest absolute Gasteiger partial charge is 0.450 e. The molecule has 10 heteroatoms. The molecule has 9 nitrogen and oxygen atoms in total. The highest BCUT2D eigenvalue weighted by atomic mass is 32.1. The molecule has 0 spiro atoms. The Labute approximate surface area is 161 Å². The van der Waals surface area contributed by atoms with Gasteiger partial charge in [-0.1, -0.05) is 11.2 Å². The van der Waals surface area contributed by atoms with Crippen LogP contribution in [0.3, 0.4) is 0 Å². The van der Waals surface area contributed by atoms with E-state index >= 15 is 0 Å². The van der Waals surface area contributed by atoms with Crippen molar-refractivity contribution in [3.63, 3.8) is 0 Å². The highest BCUT2D eigenvalue weighted by Crippen LogP contribution is 2.25. The molecule has 0 aliphatic carbocycles. The van der Waals surface area contributed by atoms with Gasteiger partial charge in [-0.2, -0.15) is 4.98 Å². The molecular weight excluding hydrogens is 386 g/mol. The van der Waals surface area contributed by atoms with Crippen LogP contribution in [0.4, 0.5) is 5.69 Å². The molecule has 0 saturated carbocycles. The van der Waals surface area contributed by atoms with Crippen molar-refractivity contribution in [1.82, 2.24) is 10.1 Å². The third-order valence-corrected chi connectivity index (χ3v) is 4.57. The second kappa shape index (κ2) is 7.45. The maximum absolute atomic E-state index is 12.1. The van der Waals surface area contributed by atoms with Gasteiger partial charge in [0, 0.05) is 17.7 Å². The average molecular weight is 397 g/mol. The number of nitro benzene ring substituents is 1. The van der Waals surface area contributed by atoms with Crippen LogP contribution in [0.15, 0.2) is 62.9 Å². The van der Waals surface area contributed by atoms with Gasteiger partial charge < -0.3 is 13.7 Å². The van der Waals surface area contributed by atoms with Gasteiger partial charge in [-0.25, -0.2) is 4.79 Å². The molecule has 1 aromatic carbocycles. The van der Waals surface area contributed by atoms with Crippen LogP contribution >= 0.6 is 11.3 Å². The summed E-state index contributed by atoms with van der Waals surface area (Å²) in [6, 6.07) is 12.6. The first-order chi connectivity index (χ1) is 13.6. The quantitative estimate of drug-likeness (QED) is 0.268. The summed E-state index contributed by atoms with van der Waals surface area (Å²) in [6.45, 7) is -0.190. The Morgan fingerprint density at radius 1 is 1.18 bits per heavy atom. The van der Waals surface area contributed by atoms with Crippen molar-refractivity contribution in [1.29, 1.82) is 0 Å². The Balaban J connectivity index is 1.40. The van der Waals surface area contributed by atoms with Gasteiger partial charge in [-0.15, -0.1) is 11.3 Å². The second-order valence-corrected chi connectivity index (χ2v) is 6.48. The zero-order valence-corrected chi connectivity index (χ0v) is 14.9. The number of benzene rings is 1. The number of aromatic nitrogens is 2. The lowest BCUT2D eigenvalue weighted by atomic mass is 10.1. The molecule has 0 bridgehead atoms. The standard InChI is InChI=1S/C18H11N3O6S/c22-18(25-10-16-19-17(20-27-16)15-2-1-9-28-15)14-8-7-13(26-14)11-3-5-12(6-4-11)21(23)24/h1-9H,10H2. The molecule has 0 aliphatic rings. The van der Waals surface area contributed by atoms with Gasteiger partial charge in [0.2, 0.25) is 11.6 Å². The number of carbonyl (C=O) groups is 1.